The van der Waals surface area contributed by atoms with Gasteiger partial charge in [0.05, 0.1) is 5.56 Å². The van der Waals surface area contributed by atoms with Crippen molar-refractivity contribution in [3.05, 3.63) is 77.2 Å². The molecule has 0 aliphatic heterocycles. The molecule has 0 aliphatic carbocycles. The van der Waals surface area contributed by atoms with E-state index < -0.39 is 17.6 Å². The molecule has 0 saturated heterocycles. The molecule has 28 heavy (non-hydrogen) atoms. The van der Waals surface area contributed by atoms with Crippen molar-refractivity contribution < 1.29 is 22.3 Å². The van der Waals surface area contributed by atoms with Crippen molar-refractivity contribution in [2.24, 2.45) is 0 Å². The predicted molar refractivity (Wildman–Crippen MR) is 98.9 cm³/mol. The summed E-state index contributed by atoms with van der Waals surface area (Å²) in [5, 5.41) is 0.378. The Balaban J connectivity index is 1.77. The summed E-state index contributed by atoms with van der Waals surface area (Å²) in [6.45, 7) is 1.91. The molecule has 0 atom stereocenters. The number of aromatic nitrogens is 2. The molecule has 146 valence electrons. The van der Waals surface area contributed by atoms with Gasteiger partial charge >= 0.3 is 6.18 Å². The van der Waals surface area contributed by atoms with Crippen LogP contribution in [0.25, 0.3) is 0 Å². The van der Waals surface area contributed by atoms with Crippen molar-refractivity contribution in [1.82, 2.24) is 9.97 Å². The first-order chi connectivity index (χ1) is 13.3. The van der Waals surface area contributed by atoms with Gasteiger partial charge in [-0.1, -0.05) is 43.0 Å². The van der Waals surface area contributed by atoms with Gasteiger partial charge in [0.15, 0.2) is 5.16 Å². The van der Waals surface area contributed by atoms with Crippen LogP contribution in [0, 0.1) is 5.82 Å². The molecule has 3 nitrogen and oxygen atoms in total. The van der Waals surface area contributed by atoms with Crippen LogP contribution in [0.15, 0.2) is 59.8 Å². The molecule has 0 bridgehead atoms. The van der Waals surface area contributed by atoms with Crippen LogP contribution in [0.5, 0.6) is 11.6 Å². The number of ether oxygens (including phenoxy) is 1. The first kappa shape index (κ1) is 20.1. The van der Waals surface area contributed by atoms with E-state index in [9.17, 15) is 17.6 Å². The van der Waals surface area contributed by atoms with Crippen LogP contribution in [0.2, 0.25) is 0 Å². The van der Waals surface area contributed by atoms with Crippen LogP contribution < -0.4 is 4.74 Å². The molecule has 0 N–H and O–H groups in total. The predicted octanol–water partition coefficient (Wildman–Crippen LogP) is 6.28. The number of nitrogens with zero attached hydrogens (tertiary/aromatic N) is 2. The number of hydrogen-bond acceptors (Lipinski definition) is 4. The minimum atomic E-state index is -4.38. The van der Waals surface area contributed by atoms with E-state index in [1.807, 2.05) is 6.92 Å². The van der Waals surface area contributed by atoms with Gasteiger partial charge in [-0.2, -0.15) is 18.2 Å². The zero-order valence-corrected chi connectivity index (χ0v) is 15.6. The molecule has 0 amide bonds. The third kappa shape index (κ3) is 5.45. The Labute approximate surface area is 163 Å². The van der Waals surface area contributed by atoms with Crippen molar-refractivity contribution in [1.29, 1.82) is 0 Å². The Morgan fingerprint density at radius 2 is 1.79 bits per heavy atom. The average Bonchev–Trinajstić information content (AvgIpc) is 2.66. The molecule has 0 saturated carbocycles. The van der Waals surface area contributed by atoms with Crippen LogP contribution in [0.3, 0.4) is 0 Å². The van der Waals surface area contributed by atoms with Crippen molar-refractivity contribution in [2.45, 2.75) is 30.4 Å². The SMILES string of the molecule is CCc1cc(Oc2cccc(F)c2)nc(SCc2cccc(C(F)(F)F)c2)n1. The zero-order valence-electron chi connectivity index (χ0n) is 14.8. The summed E-state index contributed by atoms with van der Waals surface area (Å²) < 4.78 is 57.5. The second-order valence-electron chi connectivity index (χ2n) is 5.88. The Bertz CT molecular complexity index is 963. The van der Waals surface area contributed by atoms with Gasteiger partial charge in [-0.05, 0) is 30.2 Å². The highest BCUT2D eigenvalue weighted by Gasteiger charge is 2.30. The lowest BCUT2D eigenvalue weighted by molar-refractivity contribution is -0.137. The molecule has 0 aliphatic rings. The highest BCUT2D eigenvalue weighted by molar-refractivity contribution is 7.98. The van der Waals surface area contributed by atoms with Crippen LogP contribution in [-0.4, -0.2) is 9.97 Å². The zero-order chi connectivity index (χ0) is 20.1. The fourth-order valence-corrected chi connectivity index (χ4v) is 3.20. The van der Waals surface area contributed by atoms with Crippen LogP contribution in [0.4, 0.5) is 17.6 Å². The average molecular weight is 408 g/mol. The maximum absolute atomic E-state index is 13.3. The first-order valence-electron chi connectivity index (χ1n) is 8.44. The van der Waals surface area contributed by atoms with Gasteiger partial charge in [-0.15, -0.1) is 0 Å². The van der Waals surface area contributed by atoms with Crippen LogP contribution in [-0.2, 0) is 18.3 Å². The highest BCUT2D eigenvalue weighted by atomic mass is 32.2. The quantitative estimate of drug-likeness (QED) is 0.273. The number of thioether (sulfide) groups is 1. The molecular weight excluding hydrogens is 392 g/mol. The smallest absolute Gasteiger partial charge is 0.416 e. The molecule has 3 aromatic rings. The number of rotatable bonds is 6. The fraction of sp³-hybridized carbons (Fsp3) is 0.200. The molecule has 2 aromatic carbocycles. The van der Waals surface area contributed by atoms with Crippen molar-refractivity contribution in [3.63, 3.8) is 0 Å². The molecule has 1 aromatic heterocycles. The van der Waals surface area contributed by atoms with E-state index in [1.165, 1.54) is 36.0 Å². The largest absolute Gasteiger partial charge is 0.439 e. The van der Waals surface area contributed by atoms with Crippen LogP contribution in [0.1, 0.15) is 23.7 Å². The van der Waals surface area contributed by atoms with Crippen molar-refractivity contribution in [3.8, 4) is 11.6 Å². The Morgan fingerprint density at radius 3 is 2.50 bits per heavy atom. The minimum Gasteiger partial charge on any atom is -0.439 e. The summed E-state index contributed by atoms with van der Waals surface area (Å²) in [6, 6.07) is 12.5. The molecule has 1 heterocycles. The summed E-state index contributed by atoms with van der Waals surface area (Å²) in [5.41, 5.74) is 0.537. The standard InChI is InChI=1S/C20H16F4N2OS/c1-2-16-11-18(27-17-8-4-7-15(21)10-17)26-19(25-16)28-12-13-5-3-6-14(9-13)20(22,23)24/h3-11H,2,12H2,1H3. The minimum absolute atomic E-state index is 0.254. The topological polar surface area (TPSA) is 35.0 Å². The number of alkyl halides is 3. The lowest BCUT2D eigenvalue weighted by Crippen LogP contribution is -2.05. The van der Waals surface area contributed by atoms with E-state index in [1.54, 1.807) is 18.2 Å². The Morgan fingerprint density at radius 1 is 1.00 bits per heavy atom. The fourth-order valence-electron chi connectivity index (χ4n) is 2.38. The molecule has 0 spiro atoms. The summed E-state index contributed by atoms with van der Waals surface area (Å²) in [4.78, 5) is 8.65. The van der Waals surface area contributed by atoms with Gasteiger partial charge in [0.2, 0.25) is 5.88 Å². The summed E-state index contributed by atoms with van der Waals surface area (Å²) >= 11 is 1.21. The molecule has 8 heteroatoms. The van der Waals surface area contributed by atoms with Gasteiger partial charge in [0.25, 0.3) is 0 Å². The molecule has 0 radical (unpaired) electrons. The Hall–Kier alpha value is -2.61. The monoisotopic (exact) mass is 408 g/mol. The van der Waals surface area contributed by atoms with E-state index in [0.29, 0.717) is 28.6 Å². The van der Waals surface area contributed by atoms with Gasteiger partial charge in [-0.3, -0.25) is 0 Å². The Kier molecular flexibility index (Phi) is 6.18. The molecular formula is C20H16F4N2OS. The van der Waals surface area contributed by atoms with E-state index in [4.69, 9.17) is 4.74 Å². The van der Waals surface area contributed by atoms with E-state index in [2.05, 4.69) is 9.97 Å². The number of hydrogen-bond donors (Lipinski definition) is 0. The normalized spacial score (nSPS) is 11.5. The maximum atomic E-state index is 13.3. The van der Waals surface area contributed by atoms with E-state index in [-0.39, 0.29) is 11.6 Å². The molecule has 0 fully saturated rings. The first-order valence-corrected chi connectivity index (χ1v) is 9.42. The van der Waals surface area contributed by atoms with Crippen molar-refractivity contribution >= 4 is 11.8 Å². The highest BCUT2D eigenvalue weighted by Crippen LogP contribution is 2.31. The number of aryl methyl sites for hydroxylation is 1. The second kappa shape index (κ2) is 8.60. The van der Waals surface area contributed by atoms with E-state index >= 15 is 0 Å². The van der Waals surface area contributed by atoms with Gasteiger partial charge in [0, 0.05) is 23.6 Å². The maximum Gasteiger partial charge on any atom is 0.416 e. The van der Waals surface area contributed by atoms with E-state index in [0.717, 1.165) is 12.1 Å². The third-order valence-electron chi connectivity index (χ3n) is 3.74. The van der Waals surface area contributed by atoms with Crippen LogP contribution >= 0.6 is 11.8 Å². The third-order valence-corrected chi connectivity index (χ3v) is 4.66. The lowest BCUT2D eigenvalue weighted by atomic mass is 10.1. The van der Waals surface area contributed by atoms with Gasteiger partial charge in [-0.25, -0.2) is 9.37 Å². The summed E-state index contributed by atoms with van der Waals surface area (Å²) in [5.74, 6) is 0.399. The summed E-state index contributed by atoms with van der Waals surface area (Å²) in [7, 11) is 0. The summed E-state index contributed by atoms with van der Waals surface area (Å²) in [6.07, 6.45) is -3.76. The molecule has 3 rings (SSSR count). The van der Waals surface area contributed by atoms with Gasteiger partial charge in [0.1, 0.15) is 11.6 Å². The number of benzene rings is 2. The number of halogens is 4. The molecule has 0 unspecified atom stereocenters. The van der Waals surface area contributed by atoms with Gasteiger partial charge < -0.3 is 4.74 Å². The van der Waals surface area contributed by atoms with Crippen molar-refractivity contribution in [2.75, 3.05) is 0 Å². The lowest BCUT2D eigenvalue weighted by Gasteiger charge is -2.10. The second-order valence-corrected chi connectivity index (χ2v) is 6.82.